The first-order chi connectivity index (χ1) is 7.01. The van der Waals surface area contributed by atoms with Crippen molar-refractivity contribution in [1.29, 1.82) is 0 Å². The molecule has 0 spiro atoms. The van der Waals surface area contributed by atoms with Gasteiger partial charge in [0.15, 0.2) is 0 Å². The van der Waals surface area contributed by atoms with Crippen LogP contribution >= 0.6 is 0 Å². The quantitative estimate of drug-likeness (QED) is 0.495. The molecule has 0 saturated carbocycles. The maximum Gasteiger partial charge on any atom is 0.325 e. The second-order valence-electron chi connectivity index (χ2n) is 2.78. The molecule has 1 N–H and O–H groups in total. The van der Waals surface area contributed by atoms with Crippen molar-refractivity contribution in [3.05, 3.63) is 0 Å². The molecule has 0 heterocycles. The van der Waals surface area contributed by atoms with Gasteiger partial charge in [0, 0.05) is 6.54 Å². The maximum atomic E-state index is 11.3. The molecule has 0 unspecified atom stereocenters. The Balaban J connectivity index is 4.17. The highest BCUT2D eigenvalue weighted by Crippen LogP contribution is 1.95. The Morgan fingerprint density at radius 2 is 1.87 bits per heavy atom. The van der Waals surface area contributed by atoms with Gasteiger partial charge in [0.05, 0.1) is 6.61 Å². The van der Waals surface area contributed by atoms with E-state index in [4.69, 9.17) is 5.11 Å². The third-order valence-electron chi connectivity index (χ3n) is 1.66. The Hall–Kier alpha value is -1.59. The number of carboxylic acids is 1. The molecule has 0 atom stereocenters. The van der Waals surface area contributed by atoms with Gasteiger partial charge in [-0.15, -0.1) is 0 Å². The highest BCUT2D eigenvalue weighted by Gasteiger charge is 2.18. The number of ether oxygens (including phenoxy) is 1. The number of likely N-dealkylation sites (N-methyl/N-ethyl adjacent to an activating group) is 1. The number of rotatable bonds is 6. The van der Waals surface area contributed by atoms with E-state index in [1.54, 1.807) is 13.8 Å². The molecule has 6 nitrogen and oxygen atoms in total. The Labute approximate surface area is 87.8 Å². The van der Waals surface area contributed by atoms with Crippen molar-refractivity contribution in [3.8, 4) is 0 Å². The molecule has 0 aliphatic rings. The summed E-state index contributed by atoms with van der Waals surface area (Å²) in [6.07, 6.45) is -0.604. The van der Waals surface area contributed by atoms with E-state index in [1.807, 2.05) is 0 Å². The lowest BCUT2D eigenvalue weighted by molar-refractivity contribution is -0.151. The van der Waals surface area contributed by atoms with Gasteiger partial charge in [-0.3, -0.25) is 14.4 Å². The average Bonchev–Trinajstić information content (AvgIpc) is 2.13. The van der Waals surface area contributed by atoms with Gasteiger partial charge >= 0.3 is 11.9 Å². The number of carbonyl (C=O) groups excluding carboxylic acids is 2. The minimum atomic E-state index is -1.21. The molecule has 0 aromatic carbocycles. The second-order valence-corrected chi connectivity index (χ2v) is 2.78. The Morgan fingerprint density at radius 3 is 2.27 bits per heavy atom. The Bertz CT molecular complexity index is 251. The van der Waals surface area contributed by atoms with Crippen LogP contribution in [-0.2, 0) is 19.1 Å². The summed E-state index contributed by atoms with van der Waals surface area (Å²) in [5.41, 5.74) is 0. The van der Waals surface area contributed by atoms with Crippen molar-refractivity contribution in [1.82, 2.24) is 4.90 Å². The summed E-state index contributed by atoms with van der Waals surface area (Å²) in [7, 11) is 0. The Morgan fingerprint density at radius 1 is 1.27 bits per heavy atom. The molecule has 0 rings (SSSR count). The standard InChI is InChI=1S/C9H15NO5/c1-3-10(6-9(14)15-4-2)7(11)5-8(12)13/h3-6H2,1-2H3,(H,12,13). The van der Waals surface area contributed by atoms with E-state index < -0.39 is 24.3 Å². The fraction of sp³-hybridized carbons (Fsp3) is 0.667. The third-order valence-corrected chi connectivity index (χ3v) is 1.66. The lowest BCUT2D eigenvalue weighted by Crippen LogP contribution is -2.37. The number of nitrogens with zero attached hydrogens (tertiary/aromatic N) is 1. The first-order valence-corrected chi connectivity index (χ1v) is 4.66. The van der Waals surface area contributed by atoms with Crippen LogP contribution in [0.25, 0.3) is 0 Å². The smallest absolute Gasteiger partial charge is 0.325 e. The van der Waals surface area contributed by atoms with E-state index >= 15 is 0 Å². The van der Waals surface area contributed by atoms with Crippen molar-refractivity contribution in [3.63, 3.8) is 0 Å². The largest absolute Gasteiger partial charge is 0.481 e. The van der Waals surface area contributed by atoms with Gasteiger partial charge in [0.2, 0.25) is 5.91 Å². The molecule has 0 saturated heterocycles. The number of carbonyl (C=O) groups is 3. The number of aliphatic carboxylic acids is 1. The van der Waals surface area contributed by atoms with Crippen molar-refractivity contribution in [2.75, 3.05) is 19.7 Å². The third kappa shape index (κ3) is 5.66. The van der Waals surface area contributed by atoms with Crippen LogP contribution in [0, 0.1) is 0 Å². The molecule has 0 aliphatic carbocycles. The maximum absolute atomic E-state index is 11.3. The van der Waals surface area contributed by atoms with Crippen LogP contribution in [0.15, 0.2) is 0 Å². The predicted molar refractivity (Wildman–Crippen MR) is 51.1 cm³/mol. The van der Waals surface area contributed by atoms with Crippen LogP contribution in [0.5, 0.6) is 0 Å². The van der Waals surface area contributed by atoms with Gasteiger partial charge in [-0.25, -0.2) is 0 Å². The lowest BCUT2D eigenvalue weighted by Gasteiger charge is -2.18. The van der Waals surface area contributed by atoms with E-state index in [2.05, 4.69) is 4.74 Å². The van der Waals surface area contributed by atoms with E-state index in [1.165, 1.54) is 0 Å². The first-order valence-electron chi connectivity index (χ1n) is 4.66. The van der Waals surface area contributed by atoms with Crippen molar-refractivity contribution < 1.29 is 24.2 Å². The molecule has 0 radical (unpaired) electrons. The van der Waals surface area contributed by atoms with Gasteiger partial charge in [-0.2, -0.15) is 0 Å². The zero-order chi connectivity index (χ0) is 11.8. The minimum absolute atomic E-state index is 0.198. The summed E-state index contributed by atoms with van der Waals surface area (Å²) in [5, 5.41) is 8.40. The molecule has 0 aromatic rings. The van der Waals surface area contributed by atoms with Crippen molar-refractivity contribution in [2.24, 2.45) is 0 Å². The Kier molecular flexibility index (Phi) is 6.08. The fourth-order valence-corrected chi connectivity index (χ4v) is 0.980. The van der Waals surface area contributed by atoms with Gasteiger partial charge in [0.1, 0.15) is 13.0 Å². The van der Waals surface area contributed by atoms with Crippen molar-refractivity contribution >= 4 is 17.8 Å². The summed E-state index contributed by atoms with van der Waals surface area (Å²) in [6.45, 7) is 3.65. The SMILES string of the molecule is CCOC(=O)CN(CC)C(=O)CC(=O)O. The average molecular weight is 217 g/mol. The van der Waals surface area contributed by atoms with E-state index in [0.29, 0.717) is 0 Å². The molecular formula is C9H15NO5. The molecule has 15 heavy (non-hydrogen) atoms. The summed E-state index contributed by atoms with van der Waals surface area (Å²) < 4.78 is 4.65. The first kappa shape index (κ1) is 13.4. The van der Waals surface area contributed by atoms with E-state index in [0.717, 1.165) is 4.90 Å². The monoisotopic (exact) mass is 217 g/mol. The summed E-state index contributed by atoms with van der Waals surface area (Å²) in [5.74, 6) is -2.32. The molecule has 0 aromatic heterocycles. The number of hydrogen-bond donors (Lipinski definition) is 1. The predicted octanol–water partition coefficient (Wildman–Crippen LogP) is -0.127. The number of amides is 1. The number of carboxylic acid groups (broad SMARTS) is 1. The highest BCUT2D eigenvalue weighted by atomic mass is 16.5. The second kappa shape index (κ2) is 6.80. The molecule has 1 amide bonds. The normalized spacial score (nSPS) is 9.47. The minimum Gasteiger partial charge on any atom is -0.481 e. The number of esters is 1. The van der Waals surface area contributed by atoms with Crippen LogP contribution in [0.3, 0.4) is 0 Å². The van der Waals surface area contributed by atoms with Crippen LogP contribution in [-0.4, -0.2) is 47.5 Å². The van der Waals surface area contributed by atoms with Crippen LogP contribution in [0.1, 0.15) is 20.3 Å². The summed E-state index contributed by atoms with van der Waals surface area (Å²) >= 11 is 0. The van der Waals surface area contributed by atoms with E-state index in [9.17, 15) is 14.4 Å². The number of hydrogen-bond acceptors (Lipinski definition) is 4. The van der Waals surface area contributed by atoms with Crippen LogP contribution < -0.4 is 0 Å². The zero-order valence-corrected chi connectivity index (χ0v) is 8.86. The topological polar surface area (TPSA) is 83.9 Å². The van der Waals surface area contributed by atoms with E-state index in [-0.39, 0.29) is 19.7 Å². The van der Waals surface area contributed by atoms with Crippen molar-refractivity contribution in [2.45, 2.75) is 20.3 Å². The fourth-order valence-electron chi connectivity index (χ4n) is 0.980. The van der Waals surface area contributed by atoms with Crippen LogP contribution in [0.4, 0.5) is 0 Å². The summed E-state index contributed by atoms with van der Waals surface area (Å²) in [6, 6.07) is 0. The van der Waals surface area contributed by atoms with Crippen LogP contribution in [0.2, 0.25) is 0 Å². The molecule has 6 heteroatoms. The molecule has 0 bridgehead atoms. The zero-order valence-electron chi connectivity index (χ0n) is 8.86. The lowest BCUT2D eigenvalue weighted by atomic mass is 10.3. The van der Waals surface area contributed by atoms with Gasteiger partial charge in [0.25, 0.3) is 0 Å². The van der Waals surface area contributed by atoms with Gasteiger partial charge in [-0.05, 0) is 13.8 Å². The highest BCUT2D eigenvalue weighted by molar-refractivity contribution is 5.94. The summed E-state index contributed by atoms with van der Waals surface area (Å²) in [4.78, 5) is 33.7. The molecule has 0 aliphatic heterocycles. The van der Waals surface area contributed by atoms with Gasteiger partial charge < -0.3 is 14.7 Å². The molecule has 86 valence electrons. The molecular weight excluding hydrogens is 202 g/mol. The van der Waals surface area contributed by atoms with Gasteiger partial charge in [-0.1, -0.05) is 0 Å². The molecule has 0 fully saturated rings.